The largest absolute Gasteiger partial charge is 0.481 e. The minimum atomic E-state index is -1.00. The van der Waals surface area contributed by atoms with E-state index in [-0.39, 0.29) is 0 Å². The standard InChI is InChI=1S/C13H20O4/c1-2-3-4-5-6-9-7-8-10(12(14)15)11(9)13(16)17/h7,10-11H,2-6,8H2,1H3,(H,14,15)(H,16,17). The summed E-state index contributed by atoms with van der Waals surface area (Å²) < 4.78 is 0. The Kier molecular flexibility index (Phi) is 5.19. The van der Waals surface area contributed by atoms with Crippen molar-refractivity contribution >= 4 is 11.9 Å². The van der Waals surface area contributed by atoms with Crippen LogP contribution in [0.25, 0.3) is 0 Å². The van der Waals surface area contributed by atoms with E-state index >= 15 is 0 Å². The summed E-state index contributed by atoms with van der Waals surface area (Å²) in [6.45, 7) is 2.12. The third-order valence-corrected chi connectivity index (χ3v) is 3.34. The maximum absolute atomic E-state index is 11.1. The number of hydrogen-bond donors (Lipinski definition) is 2. The van der Waals surface area contributed by atoms with E-state index in [2.05, 4.69) is 6.92 Å². The van der Waals surface area contributed by atoms with Crippen molar-refractivity contribution in [2.45, 2.75) is 45.4 Å². The Morgan fingerprint density at radius 2 is 1.94 bits per heavy atom. The summed E-state index contributed by atoms with van der Waals surface area (Å²) in [6, 6.07) is 0. The van der Waals surface area contributed by atoms with Crippen LogP contribution in [0.5, 0.6) is 0 Å². The number of carbonyl (C=O) groups is 2. The molecule has 0 saturated carbocycles. The van der Waals surface area contributed by atoms with Crippen LogP contribution < -0.4 is 0 Å². The number of hydrogen-bond acceptors (Lipinski definition) is 2. The van der Waals surface area contributed by atoms with Crippen molar-refractivity contribution in [3.8, 4) is 0 Å². The molecule has 4 heteroatoms. The third kappa shape index (κ3) is 3.58. The zero-order valence-electron chi connectivity index (χ0n) is 10.2. The van der Waals surface area contributed by atoms with Gasteiger partial charge in [0, 0.05) is 0 Å². The number of rotatable bonds is 7. The molecule has 0 spiro atoms. The van der Waals surface area contributed by atoms with Gasteiger partial charge in [-0.3, -0.25) is 9.59 Å². The van der Waals surface area contributed by atoms with Crippen LogP contribution in [0.15, 0.2) is 11.6 Å². The van der Waals surface area contributed by atoms with E-state index in [0.29, 0.717) is 6.42 Å². The van der Waals surface area contributed by atoms with Gasteiger partial charge >= 0.3 is 11.9 Å². The van der Waals surface area contributed by atoms with Crippen molar-refractivity contribution in [1.29, 1.82) is 0 Å². The van der Waals surface area contributed by atoms with E-state index in [4.69, 9.17) is 10.2 Å². The van der Waals surface area contributed by atoms with Crippen molar-refractivity contribution < 1.29 is 19.8 Å². The lowest BCUT2D eigenvalue weighted by Gasteiger charge is -2.15. The van der Waals surface area contributed by atoms with Gasteiger partial charge in [0.1, 0.15) is 0 Å². The summed E-state index contributed by atoms with van der Waals surface area (Å²) in [5.41, 5.74) is 0.806. The molecule has 0 heterocycles. The minimum Gasteiger partial charge on any atom is -0.481 e. The van der Waals surface area contributed by atoms with Crippen molar-refractivity contribution in [1.82, 2.24) is 0 Å². The van der Waals surface area contributed by atoms with Crippen LogP contribution in [-0.2, 0) is 9.59 Å². The van der Waals surface area contributed by atoms with Crippen LogP contribution in [0.4, 0.5) is 0 Å². The summed E-state index contributed by atoms with van der Waals surface area (Å²) in [5.74, 6) is -3.59. The predicted octanol–water partition coefficient (Wildman–Crippen LogP) is 2.69. The molecule has 1 aliphatic carbocycles. The molecule has 0 aromatic heterocycles. The maximum Gasteiger partial charge on any atom is 0.311 e. The highest BCUT2D eigenvalue weighted by Crippen LogP contribution is 2.35. The fourth-order valence-electron chi connectivity index (χ4n) is 2.39. The SMILES string of the molecule is CCCCCCC1=CCC(C(=O)O)C1C(=O)O. The number of carboxylic acid groups (broad SMARTS) is 2. The molecule has 0 fully saturated rings. The normalized spacial score (nSPS) is 23.5. The van der Waals surface area contributed by atoms with Gasteiger partial charge in [-0.25, -0.2) is 0 Å². The van der Waals surface area contributed by atoms with E-state index in [1.807, 2.05) is 6.08 Å². The summed E-state index contributed by atoms with van der Waals surface area (Å²) >= 11 is 0. The minimum absolute atomic E-state index is 0.357. The molecule has 0 aromatic carbocycles. The zero-order valence-corrected chi connectivity index (χ0v) is 10.2. The molecular formula is C13H20O4. The van der Waals surface area contributed by atoms with Gasteiger partial charge in [-0.15, -0.1) is 0 Å². The van der Waals surface area contributed by atoms with Gasteiger partial charge in [0.15, 0.2) is 0 Å². The van der Waals surface area contributed by atoms with Gasteiger partial charge in [-0.2, -0.15) is 0 Å². The molecule has 0 aliphatic heterocycles. The van der Waals surface area contributed by atoms with Crippen LogP contribution in [0.3, 0.4) is 0 Å². The Morgan fingerprint density at radius 1 is 1.24 bits per heavy atom. The quantitative estimate of drug-likeness (QED) is 0.530. The monoisotopic (exact) mass is 240 g/mol. The van der Waals surface area contributed by atoms with Crippen LogP contribution in [0, 0.1) is 11.8 Å². The molecule has 1 rings (SSSR count). The molecule has 96 valence electrons. The van der Waals surface area contributed by atoms with Crippen LogP contribution in [0.1, 0.15) is 45.4 Å². The van der Waals surface area contributed by atoms with Gasteiger partial charge in [-0.05, 0) is 19.3 Å². The van der Waals surface area contributed by atoms with Gasteiger partial charge in [0.2, 0.25) is 0 Å². The van der Waals surface area contributed by atoms with Gasteiger partial charge in [0.05, 0.1) is 11.8 Å². The van der Waals surface area contributed by atoms with Crippen molar-refractivity contribution in [2.24, 2.45) is 11.8 Å². The van der Waals surface area contributed by atoms with Crippen LogP contribution >= 0.6 is 0 Å². The zero-order chi connectivity index (χ0) is 12.8. The number of unbranched alkanes of at least 4 members (excludes halogenated alkanes) is 3. The van der Waals surface area contributed by atoms with Gasteiger partial charge in [-0.1, -0.05) is 37.8 Å². The van der Waals surface area contributed by atoms with E-state index in [1.54, 1.807) is 0 Å². The molecule has 2 atom stereocenters. The lowest BCUT2D eigenvalue weighted by Crippen LogP contribution is -2.27. The van der Waals surface area contributed by atoms with Crippen LogP contribution in [-0.4, -0.2) is 22.2 Å². The summed E-state index contributed by atoms with van der Waals surface area (Å²) in [5, 5.41) is 18.1. The fourth-order valence-corrected chi connectivity index (χ4v) is 2.39. The second-order valence-corrected chi connectivity index (χ2v) is 4.59. The Balaban J connectivity index is 2.54. The van der Waals surface area contributed by atoms with Crippen molar-refractivity contribution in [3.05, 3.63) is 11.6 Å². The maximum atomic E-state index is 11.1. The molecule has 2 N–H and O–H groups in total. The van der Waals surface area contributed by atoms with E-state index < -0.39 is 23.8 Å². The second kappa shape index (κ2) is 6.42. The molecule has 0 radical (unpaired) electrons. The topological polar surface area (TPSA) is 74.6 Å². The smallest absolute Gasteiger partial charge is 0.311 e. The molecule has 0 amide bonds. The lowest BCUT2D eigenvalue weighted by molar-refractivity contribution is -0.151. The first-order chi connectivity index (χ1) is 8.07. The first kappa shape index (κ1) is 13.7. The second-order valence-electron chi connectivity index (χ2n) is 4.59. The highest BCUT2D eigenvalue weighted by Gasteiger charge is 2.39. The third-order valence-electron chi connectivity index (χ3n) is 3.34. The molecule has 4 nitrogen and oxygen atoms in total. The molecule has 1 aliphatic rings. The predicted molar refractivity (Wildman–Crippen MR) is 63.7 cm³/mol. The number of carboxylic acids is 2. The fraction of sp³-hybridized carbons (Fsp3) is 0.692. The highest BCUT2D eigenvalue weighted by molar-refractivity contribution is 5.83. The van der Waals surface area contributed by atoms with Crippen LogP contribution in [0.2, 0.25) is 0 Å². The first-order valence-electron chi connectivity index (χ1n) is 6.22. The molecule has 2 unspecified atom stereocenters. The lowest BCUT2D eigenvalue weighted by atomic mass is 9.89. The molecule has 17 heavy (non-hydrogen) atoms. The Hall–Kier alpha value is -1.32. The van der Waals surface area contributed by atoms with Gasteiger partial charge < -0.3 is 10.2 Å². The summed E-state index contributed by atoms with van der Waals surface area (Å²) in [6.07, 6.45) is 7.21. The number of allylic oxidation sites excluding steroid dienone is 1. The molecular weight excluding hydrogens is 220 g/mol. The molecule has 0 saturated heterocycles. The van der Waals surface area contributed by atoms with Crippen molar-refractivity contribution in [2.75, 3.05) is 0 Å². The molecule has 0 bridgehead atoms. The summed E-state index contributed by atoms with van der Waals surface area (Å²) in [7, 11) is 0. The van der Waals surface area contributed by atoms with E-state index in [1.165, 1.54) is 0 Å². The average molecular weight is 240 g/mol. The Labute approximate surface area is 101 Å². The van der Waals surface area contributed by atoms with E-state index in [9.17, 15) is 9.59 Å². The Morgan fingerprint density at radius 3 is 2.47 bits per heavy atom. The highest BCUT2D eigenvalue weighted by atomic mass is 16.4. The average Bonchev–Trinajstić information content (AvgIpc) is 2.68. The summed E-state index contributed by atoms with van der Waals surface area (Å²) in [4.78, 5) is 22.1. The van der Waals surface area contributed by atoms with E-state index in [0.717, 1.165) is 37.7 Å². The Bertz CT molecular complexity index is 319. The van der Waals surface area contributed by atoms with Gasteiger partial charge in [0.25, 0.3) is 0 Å². The molecule has 0 aromatic rings. The first-order valence-corrected chi connectivity index (χ1v) is 6.22. The van der Waals surface area contributed by atoms with Crippen molar-refractivity contribution in [3.63, 3.8) is 0 Å². The number of aliphatic carboxylic acids is 2.